The Morgan fingerprint density at radius 1 is 1.42 bits per heavy atom. The van der Waals surface area contributed by atoms with Crippen LogP contribution in [0.15, 0.2) is 39.5 Å². The number of thiophene rings is 1. The molecule has 1 unspecified atom stereocenters. The predicted molar refractivity (Wildman–Crippen MR) is 83.8 cm³/mol. The first-order valence-electron chi connectivity index (χ1n) is 6.14. The van der Waals surface area contributed by atoms with Crippen LogP contribution in [0.3, 0.4) is 0 Å². The van der Waals surface area contributed by atoms with E-state index in [0.29, 0.717) is 5.56 Å². The first kappa shape index (κ1) is 14.3. The van der Waals surface area contributed by atoms with Crippen molar-refractivity contribution in [3.63, 3.8) is 0 Å². The van der Waals surface area contributed by atoms with E-state index in [1.54, 1.807) is 11.3 Å². The van der Waals surface area contributed by atoms with E-state index >= 15 is 0 Å². The maximum absolute atomic E-state index is 12.2. The highest BCUT2D eigenvalue weighted by molar-refractivity contribution is 9.10. The van der Waals surface area contributed by atoms with E-state index in [9.17, 15) is 4.79 Å². The lowest BCUT2D eigenvalue weighted by Gasteiger charge is -2.14. The molecule has 100 valence electrons. The zero-order valence-corrected chi connectivity index (χ0v) is 13.3. The standard InChI is InChI=1S/C15H16BrNOS/c1-10-3-4-14(16)13(7-10)15(18)17-11(2)8-12-5-6-19-9-12/h3-7,9,11H,8H2,1-2H3,(H,17,18). The van der Waals surface area contributed by atoms with Crippen LogP contribution >= 0.6 is 27.3 Å². The first-order valence-corrected chi connectivity index (χ1v) is 7.88. The highest BCUT2D eigenvalue weighted by Gasteiger charge is 2.13. The Balaban J connectivity index is 2.02. The Kier molecular flexibility index (Phi) is 4.77. The number of aryl methyl sites for hydroxylation is 1. The van der Waals surface area contributed by atoms with E-state index in [1.807, 2.05) is 32.0 Å². The van der Waals surface area contributed by atoms with Crippen molar-refractivity contribution in [2.24, 2.45) is 0 Å². The summed E-state index contributed by atoms with van der Waals surface area (Å²) >= 11 is 5.10. The number of carbonyl (C=O) groups is 1. The molecule has 1 heterocycles. The Morgan fingerprint density at radius 2 is 2.21 bits per heavy atom. The molecule has 1 N–H and O–H groups in total. The summed E-state index contributed by atoms with van der Waals surface area (Å²) in [6.07, 6.45) is 0.860. The SMILES string of the molecule is Cc1ccc(Br)c(C(=O)NC(C)Cc2ccsc2)c1. The van der Waals surface area contributed by atoms with Gasteiger partial charge < -0.3 is 5.32 Å². The van der Waals surface area contributed by atoms with Crippen molar-refractivity contribution in [3.8, 4) is 0 Å². The molecule has 0 fully saturated rings. The van der Waals surface area contributed by atoms with Gasteiger partial charge in [-0.1, -0.05) is 11.6 Å². The zero-order valence-electron chi connectivity index (χ0n) is 10.9. The molecule has 2 nitrogen and oxygen atoms in total. The molecule has 2 aromatic rings. The highest BCUT2D eigenvalue weighted by Crippen LogP contribution is 2.18. The zero-order chi connectivity index (χ0) is 13.8. The van der Waals surface area contributed by atoms with Gasteiger partial charge in [-0.2, -0.15) is 11.3 Å². The molecule has 0 saturated carbocycles. The lowest BCUT2D eigenvalue weighted by Crippen LogP contribution is -2.34. The largest absolute Gasteiger partial charge is 0.349 e. The molecule has 1 atom stereocenters. The van der Waals surface area contributed by atoms with E-state index < -0.39 is 0 Å². The molecule has 0 saturated heterocycles. The monoisotopic (exact) mass is 337 g/mol. The van der Waals surface area contributed by atoms with Crippen LogP contribution in [-0.2, 0) is 6.42 Å². The third-order valence-corrected chi connectivity index (χ3v) is 4.29. The lowest BCUT2D eigenvalue weighted by atomic mass is 10.1. The number of amides is 1. The summed E-state index contributed by atoms with van der Waals surface area (Å²) in [5, 5.41) is 7.21. The summed E-state index contributed by atoms with van der Waals surface area (Å²) in [6, 6.07) is 8.00. The van der Waals surface area contributed by atoms with Gasteiger partial charge in [-0.3, -0.25) is 4.79 Å². The van der Waals surface area contributed by atoms with Crippen molar-refractivity contribution >= 4 is 33.2 Å². The summed E-state index contributed by atoms with van der Waals surface area (Å²) in [5.74, 6) is -0.0293. The topological polar surface area (TPSA) is 29.1 Å². The molecule has 0 aliphatic heterocycles. The Morgan fingerprint density at radius 3 is 2.89 bits per heavy atom. The number of carbonyl (C=O) groups excluding carboxylic acids is 1. The fourth-order valence-electron chi connectivity index (χ4n) is 1.93. The molecule has 0 radical (unpaired) electrons. The summed E-state index contributed by atoms with van der Waals surface area (Å²) < 4.78 is 0.832. The van der Waals surface area contributed by atoms with E-state index in [4.69, 9.17) is 0 Å². The van der Waals surface area contributed by atoms with E-state index in [0.717, 1.165) is 16.5 Å². The van der Waals surface area contributed by atoms with Gasteiger partial charge in [-0.25, -0.2) is 0 Å². The van der Waals surface area contributed by atoms with Crippen LogP contribution in [0.4, 0.5) is 0 Å². The van der Waals surface area contributed by atoms with Crippen molar-refractivity contribution in [1.82, 2.24) is 5.32 Å². The fourth-order valence-corrected chi connectivity index (χ4v) is 3.04. The van der Waals surface area contributed by atoms with Crippen LogP contribution in [-0.4, -0.2) is 11.9 Å². The average molecular weight is 338 g/mol. The van der Waals surface area contributed by atoms with Gasteiger partial charge in [0.25, 0.3) is 5.91 Å². The molecule has 0 aliphatic carbocycles. The molecule has 19 heavy (non-hydrogen) atoms. The van der Waals surface area contributed by atoms with Gasteiger partial charge in [0.1, 0.15) is 0 Å². The molecule has 0 spiro atoms. The van der Waals surface area contributed by atoms with Crippen LogP contribution in [0.2, 0.25) is 0 Å². The minimum absolute atomic E-state index is 0.0293. The van der Waals surface area contributed by atoms with Crippen molar-refractivity contribution in [1.29, 1.82) is 0 Å². The molecule has 2 rings (SSSR count). The summed E-state index contributed by atoms with van der Waals surface area (Å²) in [5.41, 5.74) is 3.04. The molecule has 0 aliphatic rings. The Bertz CT molecular complexity index is 566. The molecule has 0 bridgehead atoms. The first-order chi connectivity index (χ1) is 9.06. The summed E-state index contributed by atoms with van der Waals surface area (Å²) in [7, 11) is 0. The van der Waals surface area contributed by atoms with Crippen LogP contribution in [0.5, 0.6) is 0 Å². The third-order valence-electron chi connectivity index (χ3n) is 2.87. The van der Waals surface area contributed by atoms with E-state index in [2.05, 4.69) is 38.1 Å². The maximum atomic E-state index is 12.2. The molecular formula is C15H16BrNOS. The quantitative estimate of drug-likeness (QED) is 0.890. The third kappa shape index (κ3) is 3.91. The molecule has 1 aromatic heterocycles. The fraction of sp³-hybridized carbons (Fsp3) is 0.267. The highest BCUT2D eigenvalue weighted by atomic mass is 79.9. The van der Waals surface area contributed by atoms with Gasteiger partial charge in [-0.05, 0) is 70.7 Å². The van der Waals surface area contributed by atoms with Crippen LogP contribution in [0.25, 0.3) is 0 Å². The molecule has 1 amide bonds. The second-order valence-corrected chi connectivity index (χ2v) is 6.33. The van der Waals surface area contributed by atoms with E-state index in [-0.39, 0.29) is 11.9 Å². The number of hydrogen-bond acceptors (Lipinski definition) is 2. The molecule has 1 aromatic carbocycles. The number of rotatable bonds is 4. The predicted octanol–water partition coefficient (Wildman–Crippen LogP) is 4.18. The van der Waals surface area contributed by atoms with Crippen molar-refractivity contribution in [2.45, 2.75) is 26.3 Å². The number of benzene rings is 1. The maximum Gasteiger partial charge on any atom is 0.252 e. The Labute approximate surface area is 126 Å². The van der Waals surface area contributed by atoms with Gasteiger partial charge in [0.05, 0.1) is 5.56 Å². The van der Waals surface area contributed by atoms with Crippen molar-refractivity contribution < 1.29 is 4.79 Å². The average Bonchev–Trinajstić information content (AvgIpc) is 2.84. The van der Waals surface area contributed by atoms with Crippen molar-refractivity contribution in [3.05, 3.63) is 56.2 Å². The normalized spacial score (nSPS) is 12.2. The van der Waals surface area contributed by atoms with E-state index in [1.165, 1.54) is 5.56 Å². The van der Waals surface area contributed by atoms with Crippen molar-refractivity contribution in [2.75, 3.05) is 0 Å². The van der Waals surface area contributed by atoms with Crippen LogP contribution in [0, 0.1) is 6.92 Å². The number of hydrogen-bond donors (Lipinski definition) is 1. The number of nitrogens with one attached hydrogen (secondary N) is 1. The van der Waals surface area contributed by atoms with Gasteiger partial charge in [0.2, 0.25) is 0 Å². The lowest BCUT2D eigenvalue weighted by molar-refractivity contribution is 0.0939. The van der Waals surface area contributed by atoms with Crippen LogP contribution < -0.4 is 5.32 Å². The van der Waals surface area contributed by atoms with Crippen LogP contribution in [0.1, 0.15) is 28.4 Å². The van der Waals surface area contributed by atoms with Gasteiger partial charge >= 0.3 is 0 Å². The number of halogens is 1. The Hall–Kier alpha value is -1.13. The van der Waals surface area contributed by atoms with Gasteiger partial charge in [-0.15, -0.1) is 0 Å². The second-order valence-electron chi connectivity index (χ2n) is 4.69. The second kappa shape index (κ2) is 6.35. The smallest absolute Gasteiger partial charge is 0.252 e. The van der Waals surface area contributed by atoms with Gasteiger partial charge in [0, 0.05) is 10.5 Å². The van der Waals surface area contributed by atoms with Gasteiger partial charge in [0.15, 0.2) is 0 Å². The molecular weight excluding hydrogens is 322 g/mol. The summed E-state index contributed by atoms with van der Waals surface area (Å²) in [6.45, 7) is 4.01. The minimum atomic E-state index is -0.0293. The molecule has 4 heteroatoms. The minimum Gasteiger partial charge on any atom is -0.349 e. The summed E-state index contributed by atoms with van der Waals surface area (Å²) in [4.78, 5) is 12.2.